The minimum absolute atomic E-state index is 0.0428. The van der Waals surface area contributed by atoms with Crippen molar-refractivity contribution < 1.29 is 5.11 Å². The van der Waals surface area contributed by atoms with Gasteiger partial charge in [0.15, 0.2) is 0 Å². The highest BCUT2D eigenvalue weighted by molar-refractivity contribution is 4.55. The second-order valence-corrected chi connectivity index (χ2v) is 3.77. The molecule has 0 rings (SSSR count). The van der Waals surface area contributed by atoms with Gasteiger partial charge in [-0.25, -0.2) is 0 Å². The summed E-state index contributed by atoms with van der Waals surface area (Å²) in [4.78, 5) is 0. The van der Waals surface area contributed by atoms with Crippen molar-refractivity contribution in [2.24, 2.45) is 5.92 Å². The van der Waals surface area contributed by atoms with Crippen molar-refractivity contribution in [2.75, 3.05) is 0 Å². The molecule has 0 aromatic carbocycles. The summed E-state index contributed by atoms with van der Waals surface area (Å²) in [6.07, 6.45) is 5.45. The van der Waals surface area contributed by atoms with Crippen LogP contribution in [0.3, 0.4) is 0 Å². The predicted octanol–water partition coefficient (Wildman–Crippen LogP) is 2.97. The maximum atomic E-state index is 9.36. The van der Waals surface area contributed by atoms with Gasteiger partial charge < -0.3 is 5.11 Å². The first kappa shape index (κ1) is 11.0. The number of hydrogen-bond donors (Lipinski definition) is 1. The van der Waals surface area contributed by atoms with Crippen LogP contribution in [0.25, 0.3) is 0 Å². The monoisotopic (exact) mass is 158 g/mol. The lowest BCUT2D eigenvalue weighted by Crippen LogP contribution is -2.05. The Bertz CT molecular complexity index is 78.9. The van der Waals surface area contributed by atoms with Crippen molar-refractivity contribution in [3.05, 3.63) is 0 Å². The van der Waals surface area contributed by atoms with Gasteiger partial charge in [0.1, 0.15) is 0 Å². The van der Waals surface area contributed by atoms with Crippen LogP contribution >= 0.6 is 0 Å². The van der Waals surface area contributed by atoms with E-state index in [1.165, 1.54) is 12.8 Å². The van der Waals surface area contributed by atoms with Gasteiger partial charge in [-0.15, -0.1) is 0 Å². The summed E-state index contributed by atoms with van der Waals surface area (Å²) in [6, 6.07) is 0. The van der Waals surface area contributed by atoms with E-state index in [0.29, 0.717) is 0 Å². The fourth-order valence-electron chi connectivity index (χ4n) is 1.24. The lowest BCUT2D eigenvalue weighted by molar-refractivity contribution is 0.149. The van der Waals surface area contributed by atoms with Gasteiger partial charge in [-0.3, -0.25) is 0 Å². The summed E-state index contributed by atoms with van der Waals surface area (Å²) < 4.78 is 0. The van der Waals surface area contributed by atoms with E-state index in [1.54, 1.807) is 0 Å². The van der Waals surface area contributed by atoms with Crippen molar-refractivity contribution in [3.63, 3.8) is 0 Å². The highest BCUT2D eigenvalue weighted by atomic mass is 16.3. The molecule has 68 valence electrons. The van der Waals surface area contributed by atoms with Crippen LogP contribution in [0.5, 0.6) is 0 Å². The molecule has 0 amide bonds. The van der Waals surface area contributed by atoms with E-state index in [9.17, 15) is 5.11 Å². The van der Waals surface area contributed by atoms with E-state index in [1.807, 2.05) is 0 Å². The molecule has 1 heteroatoms. The Morgan fingerprint density at radius 1 is 1.09 bits per heavy atom. The van der Waals surface area contributed by atoms with Crippen LogP contribution in [-0.4, -0.2) is 11.2 Å². The maximum absolute atomic E-state index is 9.36. The van der Waals surface area contributed by atoms with E-state index >= 15 is 0 Å². The Morgan fingerprint density at radius 2 is 1.73 bits per heavy atom. The highest BCUT2D eigenvalue weighted by Crippen LogP contribution is 2.10. The van der Waals surface area contributed by atoms with E-state index in [4.69, 9.17) is 0 Å². The minimum atomic E-state index is -0.0428. The van der Waals surface area contributed by atoms with E-state index in [2.05, 4.69) is 20.8 Å². The molecule has 0 aromatic heterocycles. The molecule has 0 fully saturated rings. The van der Waals surface area contributed by atoms with Gasteiger partial charge in [-0.2, -0.15) is 0 Å². The Hall–Kier alpha value is -0.0400. The lowest BCUT2D eigenvalue weighted by atomic mass is 10.0. The molecule has 11 heavy (non-hydrogen) atoms. The van der Waals surface area contributed by atoms with Gasteiger partial charge in [0, 0.05) is 0 Å². The molecule has 0 aromatic rings. The third-order valence-electron chi connectivity index (χ3n) is 1.94. The average Bonchev–Trinajstić information content (AvgIpc) is 1.87. The normalized spacial score (nSPS) is 13.9. The van der Waals surface area contributed by atoms with Gasteiger partial charge in [-0.05, 0) is 18.8 Å². The fourth-order valence-corrected chi connectivity index (χ4v) is 1.24. The summed E-state index contributed by atoms with van der Waals surface area (Å²) in [5.74, 6) is 0.781. The lowest BCUT2D eigenvalue weighted by Gasteiger charge is -2.09. The molecule has 1 atom stereocenters. The van der Waals surface area contributed by atoms with Crippen LogP contribution in [0.2, 0.25) is 0 Å². The van der Waals surface area contributed by atoms with Crippen molar-refractivity contribution in [2.45, 2.75) is 59.0 Å². The first-order chi connectivity index (χ1) is 5.16. The van der Waals surface area contributed by atoms with Crippen molar-refractivity contribution in [1.82, 2.24) is 0 Å². The number of aliphatic hydroxyl groups excluding tert-OH is 1. The summed E-state index contributed by atoms with van der Waals surface area (Å²) in [5, 5.41) is 9.36. The third-order valence-corrected chi connectivity index (χ3v) is 1.94. The second-order valence-electron chi connectivity index (χ2n) is 3.77. The summed E-state index contributed by atoms with van der Waals surface area (Å²) in [5.41, 5.74) is 0. The zero-order chi connectivity index (χ0) is 8.69. The molecule has 0 saturated carbocycles. The molecule has 0 aliphatic heterocycles. The van der Waals surface area contributed by atoms with Gasteiger partial charge >= 0.3 is 0 Å². The first-order valence-corrected chi connectivity index (χ1v) is 4.84. The molecule has 0 saturated heterocycles. The third kappa shape index (κ3) is 7.86. The highest BCUT2D eigenvalue weighted by Gasteiger charge is 2.02. The average molecular weight is 158 g/mol. The minimum Gasteiger partial charge on any atom is -0.393 e. The predicted molar refractivity (Wildman–Crippen MR) is 49.6 cm³/mol. The van der Waals surface area contributed by atoms with Crippen LogP contribution in [0.15, 0.2) is 0 Å². The molecule has 1 N–H and O–H groups in total. The molecule has 1 nitrogen and oxygen atoms in total. The second kappa shape index (κ2) is 6.66. The van der Waals surface area contributed by atoms with Crippen LogP contribution < -0.4 is 0 Å². The molecule has 0 heterocycles. The summed E-state index contributed by atoms with van der Waals surface area (Å²) in [6.45, 7) is 6.57. The van der Waals surface area contributed by atoms with Gasteiger partial charge in [0.05, 0.1) is 6.10 Å². The van der Waals surface area contributed by atoms with Crippen LogP contribution in [0, 0.1) is 5.92 Å². The Balaban J connectivity index is 3.10. The molecule has 0 aliphatic rings. The fraction of sp³-hybridized carbons (Fsp3) is 1.00. The van der Waals surface area contributed by atoms with Crippen molar-refractivity contribution in [3.8, 4) is 0 Å². The molecule has 1 unspecified atom stereocenters. The van der Waals surface area contributed by atoms with Crippen LogP contribution in [-0.2, 0) is 0 Å². The largest absolute Gasteiger partial charge is 0.393 e. The quantitative estimate of drug-likeness (QED) is 0.630. The van der Waals surface area contributed by atoms with Gasteiger partial charge in [0.25, 0.3) is 0 Å². The van der Waals surface area contributed by atoms with Gasteiger partial charge in [-0.1, -0.05) is 40.0 Å². The topological polar surface area (TPSA) is 20.2 Å². The number of aliphatic hydroxyl groups is 1. The zero-order valence-electron chi connectivity index (χ0n) is 8.14. The molecule has 0 spiro atoms. The smallest absolute Gasteiger partial charge is 0.0540 e. The molecule has 0 radical (unpaired) electrons. The van der Waals surface area contributed by atoms with Crippen molar-refractivity contribution >= 4 is 0 Å². The van der Waals surface area contributed by atoms with Crippen LogP contribution in [0.1, 0.15) is 52.9 Å². The number of hydrogen-bond acceptors (Lipinski definition) is 1. The molecular weight excluding hydrogens is 136 g/mol. The Kier molecular flexibility index (Phi) is 6.63. The van der Waals surface area contributed by atoms with E-state index < -0.39 is 0 Å². The Labute approximate surface area is 70.8 Å². The first-order valence-electron chi connectivity index (χ1n) is 4.84. The van der Waals surface area contributed by atoms with Gasteiger partial charge in [0.2, 0.25) is 0 Å². The summed E-state index contributed by atoms with van der Waals surface area (Å²) >= 11 is 0. The maximum Gasteiger partial charge on any atom is 0.0540 e. The SMILES string of the molecule is CCCC(O)CCCC(C)C. The summed E-state index contributed by atoms with van der Waals surface area (Å²) in [7, 11) is 0. The molecule has 0 aliphatic carbocycles. The Morgan fingerprint density at radius 3 is 2.18 bits per heavy atom. The zero-order valence-corrected chi connectivity index (χ0v) is 8.14. The molecular formula is C10H22O. The number of rotatable bonds is 6. The van der Waals surface area contributed by atoms with E-state index in [0.717, 1.165) is 25.2 Å². The van der Waals surface area contributed by atoms with E-state index in [-0.39, 0.29) is 6.10 Å². The van der Waals surface area contributed by atoms with Crippen molar-refractivity contribution in [1.29, 1.82) is 0 Å². The standard InChI is InChI=1S/C10H22O/c1-4-6-10(11)8-5-7-9(2)3/h9-11H,4-8H2,1-3H3. The molecule has 0 bridgehead atoms. The van der Waals surface area contributed by atoms with Crippen LogP contribution in [0.4, 0.5) is 0 Å².